The molecule has 0 fully saturated rings. The summed E-state index contributed by atoms with van der Waals surface area (Å²) in [5.41, 5.74) is 3.52. The Balaban J connectivity index is 2.49. The molecule has 14 heavy (non-hydrogen) atoms. The average molecular weight is 190 g/mol. The third-order valence-electron chi connectivity index (χ3n) is 3.04. The molecule has 1 unspecified atom stereocenters. The molecule has 1 aliphatic rings. The normalized spacial score (nSPS) is 20.2. The Morgan fingerprint density at radius 1 is 1.50 bits per heavy atom. The van der Waals surface area contributed by atoms with Gasteiger partial charge in [0.1, 0.15) is 0 Å². The van der Waals surface area contributed by atoms with Crippen LogP contribution in [0.1, 0.15) is 35.4 Å². The van der Waals surface area contributed by atoms with Gasteiger partial charge in [-0.3, -0.25) is 4.79 Å². The third kappa shape index (κ3) is 1.41. The Bertz CT molecular complexity index is 369. The lowest BCUT2D eigenvalue weighted by molar-refractivity contribution is -0.139. The van der Waals surface area contributed by atoms with Crippen molar-refractivity contribution < 1.29 is 9.90 Å². The molecule has 1 aromatic rings. The van der Waals surface area contributed by atoms with E-state index in [1.807, 2.05) is 12.1 Å². The monoisotopic (exact) mass is 190 g/mol. The van der Waals surface area contributed by atoms with E-state index in [1.165, 1.54) is 11.1 Å². The summed E-state index contributed by atoms with van der Waals surface area (Å²) < 4.78 is 0. The first kappa shape index (κ1) is 9.25. The quantitative estimate of drug-likeness (QED) is 0.738. The molecule has 0 heterocycles. The average Bonchev–Trinajstić information content (AvgIpc) is 2.17. The summed E-state index contributed by atoms with van der Waals surface area (Å²) in [7, 11) is 0. The van der Waals surface area contributed by atoms with Crippen LogP contribution in [-0.2, 0) is 11.2 Å². The van der Waals surface area contributed by atoms with Gasteiger partial charge in [0.2, 0.25) is 0 Å². The van der Waals surface area contributed by atoms with Gasteiger partial charge in [0, 0.05) is 0 Å². The molecule has 1 aliphatic carbocycles. The molecule has 0 amide bonds. The van der Waals surface area contributed by atoms with E-state index in [0.29, 0.717) is 0 Å². The Morgan fingerprint density at radius 2 is 2.29 bits per heavy atom. The van der Waals surface area contributed by atoms with Crippen LogP contribution in [0.5, 0.6) is 0 Å². The highest BCUT2D eigenvalue weighted by atomic mass is 16.4. The largest absolute Gasteiger partial charge is 0.481 e. The number of rotatable bonds is 1. The van der Waals surface area contributed by atoms with Crippen LogP contribution >= 0.6 is 0 Å². The first-order valence-corrected chi connectivity index (χ1v) is 5.01. The summed E-state index contributed by atoms with van der Waals surface area (Å²) >= 11 is 0. The molecule has 0 saturated carbocycles. The van der Waals surface area contributed by atoms with Crippen LogP contribution in [0, 0.1) is 6.92 Å². The molecule has 0 radical (unpaired) electrons. The maximum Gasteiger partial charge on any atom is 0.310 e. The molecule has 74 valence electrons. The highest BCUT2D eigenvalue weighted by Gasteiger charge is 2.26. The van der Waals surface area contributed by atoms with Crippen molar-refractivity contribution in [1.29, 1.82) is 0 Å². The highest BCUT2D eigenvalue weighted by Crippen LogP contribution is 2.33. The molecular formula is C12H14O2. The maximum absolute atomic E-state index is 11.0. The molecular weight excluding hydrogens is 176 g/mol. The summed E-state index contributed by atoms with van der Waals surface area (Å²) in [6.07, 6.45) is 2.81. The first-order valence-electron chi connectivity index (χ1n) is 5.01. The minimum Gasteiger partial charge on any atom is -0.481 e. The van der Waals surface area contributed by atoms with Gasteiger partial charge in [0.15, 0.2) is 0 Å². The van der Waals surface area contributed by atoms with E-state index in [9.17, 15) is 4.79 Å². The summed E-state index contributed by atoms with van der Waals surface area (Å²) in [6.45, 7) is 2.06. The fourth-order valence-electron chi connectivity index (χ4n) is 2.29. The molecule has 2 rings (SSSR count). The van der Waals surface area contributed by atoms with Crippen molar-refractivity contribution in [3.63, 3.8) is 0 Å². The van der Waals surface area contributed by atoms with Crippen molar-refractivity contribution in [3.05, 3.63) is 34.9 Å². The van der Waals surface area contributed by atoms with Gasteiger partial charge >= 0.3 is 5.97 Å². The minimum atomic E-state index is -0.684. The molecule has 0 saturated heterocycles. The van der Waals surface area contributed by atoms with Gasteiger partial charge in [-0.15, -0.1) is 0 Å². The van der Waals surface area contributed by atoms with Crippen LogP contribution in [0.2, 0.25) is 0 Å². The molecule has 1 atom stereocenters. The van der Waals surface area contributed by atoms with Crippen molar-refractivity contribution in [2.24, 2.45) is 0 Å². The number of fused-ring (bicyclic) bond motifs is 1. The molecule has 0 aromatic heterocycles. The van der Waals surface area contributed by atoms with Gasteiger partial charge < -0.3 is 5.11 Å². The van der Waals surface area contributed by atoms with Crippen molar-refractivity contribution >= 4 is 5.97 Å². The number of carboxylic acids is 1. The Kier molecular flexibility index (Phi) is 2.28. The summed E-state index contributed by atoms with van der Waals surface area (Å²) in [4.78, 5) is 11.0. The molecule has 1 N–H and O–H groups in total. The number of hydrogen-bond acceptors (Lipinski definition) is 1. The number of carboxylic acid groups (broad SMARTS) is 1. The lowest BCUT2D eigenvalue weighted by Crippen LogP contribution is -2.18. The number of benzene rings is 1. The Morgan fingerprint density at radius 3 is 3.00 bits per heavy atom. The maximum atomic E-state index is 11.0. The summed E-state index contributed by atoms with van der Waals surface area (Å²) in [5, 5.41) is 9.08. The second-order valence-corrected chi connectivity index (χ2v) is 3.93. The molecule has 0 spiro atoms. The van der Waals surface area contributed by atoms with Crippen molar-refractivity contribution in [1.82, 2.24) is 0 Å². The standard InChI is InChI=1S/C12H14O2/c1-8-4-2-6-10-9(8)5-3-7-11(10)12(13)14/h2,4,6,11H,3,5,7H2,1H3,(H,13,14). The van der Waals surface area contributed by atoms with Gasteiger partial charge in [0.25, 0.3) is 0 Å². The topological polar surface area (TPSA) is 37.3 Å². The number of aryl methyl sites for hydroxylation is 1. The highest BCUT2D eigenvalue weighted by molar-refractivity contribution is 5.77. The van der Waals surface area contributed by atoms with E-state index in [4.69, 9.17) is 5.11 Å². The molecule has 1 aromatic carbocycles. The van der Waals surface area contributed by atoms with Crippen LogP contribution in [0.3, 0.4) is 0 Å². The van der Waals surface area contributed by atoms with E-state index in [1.54, 1.807) is 0 Å². The van der Waals surface area contributed by atoms with E-state index in [0.717, 1.165) is 24.8 Å². The number of hydrogen-bond donors (Lipinski definition) is 1. The SMILES string of the molecule is Cc1cccc2c1CCCC2C(=O)O. The van der Waals surface area contributed by atoms with Crippen molar-refractivity contribution in [2.75, 3.05) is 0 Å². The predicted molar refractivity (Wildman–Crippen MR) is 54.5 cm³/mol. The molecule has 2 heteroatoms. The van der Waals surface area contributed by atoms with Gasteiger partial charge in [-0.05, 0) is 42.9 Å². The second-order valence-electron chi connectivity index (χ2n) is 3.93. The van der Waals surface area contributed by atoms with Crippen LogP contribution in [0.25, 0.3) is 0 Å². The lowest BCUT2D eigenvalue weighted by Gasteiger charge is -2.23. The van der Waals surface area contributed by atoms with Crippen LogP contribution in [-0.4, -0.2) is 11.1 Å². The number of aliphatic carboxylic acids is 1. The Labute approximate surface area is 83.6 Å². The summed E-state index contributed by atoms with van der Waals surface area (Å²) in [6, 6.07) is 5.97. The van der Waals surface area contributed by atoms with Crippen LogP contribution in [0.4, 0.5) is 0 Å². The van der Waals surface area contributed by atoms with Gasteiger partial charge in [-0.2, -0.15) is 0 Å². The van der Waals surface area contributed by atoms with Crippen molar-refractivity contribution in [3.8, 4) is 0 Å². The zero-order valence-corrected chi connectivity index (χ0v) is 8.29. The molecule has 0 aliphatic heterocycles. The minimum absolute atomic E-state index is 0.279. The second kappa shape index (κ2) is 3.45. The predicted octanol–water partition coefficient (Wildman–Crippen LogP) is 2.50. The van der Waals surface area contributed by atoms with Gasteiger partial charge in [0.05, 0.1) is 5.92 Å². The van der Waals surface area contributed by atoms with Gasteiger partial charge in [-0.1, -0.05) is 18.2 Å². The summed E-state index contributed by atoms with van der Waals surface area (Å²) in [5.74, 6) is -0.963. The zero-order chi connectivity index (χ0) is 10.1. The fourth-order valence-corrected chi connectivity index (χ4v) is 2.29. The Hall–Kier alpha value is -1.31. The van der Waals surface area contributed by atoms with Crippen molar-refractivity contribution in [2.45, 2.75) is 32.1 Å². The van der Waals surface area contributed by atoms with E-state index < -0.39 is 5.97 Å². The van der Waals surface area contributed by atoms with Gasteiger partial charge in [-0.25, -0.2) is 0 Å². The molecule has 2 nitrogen and oxygen atoms in total. The van der Waals surface area contributed by atoms with E-state index >= 15 is 0 Å². The number of carbonyl (C=O) groups is 1. The fraction of sp³-hybridized carbons (Fsp3) is 0.417. The zero-order valence-electron chi connectivity index (χ0n) is 8.29. The van der Waals surface area contributed by atoms with Crippen LogP contribution < -0.4 is 0 Å². The van der Waals surface area contributed by atoms with Crippen LogP contribution in [0.15, 0.2) is 18.2 Å². The van der Waals surface area contributed by atoms with E-state index in [-0.39, 0.29) is 5.92 Å². The molecule has 0 bridgehead atoms. The third-order valence-corrected chi connectivity index (χ3v) is 3.04. The van der Waals surface area contributed by atoms with E-state index in [2.05, 4.69) is 13.0 Å². The lowest BCUT2D eigenvalue weighted by atomic mass is 9.81. The first-order chi connectivity index (χ1) is 6.70. The smallest absolute Gasteiger partial charge is 0.310 e.